The predicted molar refractivity (Wildman–Crippen MR) is 156 cm³/mol. The van der Waals surface area contributed by atoms with Gasteiger partial charge in [-0.1, -0.05) is 37.8 Å². The lowest BCUT2D eigenvalue weighted by Gasteiger charge is -2.28. The molecule has 3 N–H and O–H groups in total. The lowest BCUT2D eigenvalue weighted by Crippen LogP contribution is -2.46. The Hall–Kier alpha value is -3.17. The van der Waals surface area contributed by atoms with Gasteiger partial charge in [0.2, 0.25) is 0 Å². The second-order valence-electron chi connectivity index (χ2n) is 12.3. The van der Waals surface area contributed by atoms with E-state index in [1.807, 2.05) is 52.0 Å². The predicted octanol–water partition coefficient (Wildman–Crippen LogP) is 6.46. The zero-order chi connectivity index (χ0) is 30.2. The summed E-state index contributed by atoms with van der Waals surface area (Å²) in [4.78, 5) is 36.1. The molecule has 0 aliphatic heterocycles. The number of methoxy groups -OCH3 is 1. The maximum Gasteiger partial charge on any atom is 0.408 e. The molecule has 1 aromatic carbocycles. The smallest absolute Gasteiger partial charge is 0.408 e. The van der Waals surface area contributed by atoms with Crippen molar-refractivity contribution >= 4 is 18.3 Å². The van der Waals surface area contributed by atoms with E-state index in [0.29, 0.717) is 13.0 Å². The standard InChI is InChI=1S/C30H51N3O7/c1-28(2,3)40-27(36)33-30(6,7)19-21-38-25(34)31-20-13-11-9-10-12-18-29(4,5)32-26(35)39-22-23-14-16-24(37-8)17-15-23/h14-17H,9-13,18-22H2,1-8H3,(H,31,34)(H,32,35)(H,33,36). The monoisotopic (exact) mass is 565 g/mol. The number of unbranched alkanes of at least 4 members (excludes halogenated alkanes) is 4. The van der Waals surface area contributed by atoms with Crippen LogP contribution in [0.25, 0.3) is 0 Å². The van der Waals surface area contributed by atoms with E-state index in [1.54, 1.807) is 27.9 Å². The molecule has 10 heteroatoms. The Balaban J connectivity index is 2.08. The highest BCUT2D eigenvalue weighted by Gasteiger charge is 2.25. The Morgan fingerprint density at radius 2 is 1.27 bits per heavy atom. The van der Waals surface area contributed by atoms with Crippen molar-refractivity contribution in [3.8, 4) is 5.75 Å². The average molecular weight is 566 g/mol. The number of alkyl carbamates (subject to hydrolysis) is 3. The molecule has 0 atom stereocenters. The molecule has 0 aliphatic rings. The quantitative estimate of drug-likeness (QED) is 0.155. The van der Waals surface area contributed by atoms with Crippen LogP contribution in [0, 0.1) is 0 Å². The summed E-state index contributed by atoms with van der Waals surface area (Å²) < 4.78 is 21.0. The van der Waals surface area contributed by atoms with Crippen molar-refractivity contribution in [3.63, 3.8) is 0 Å². The van der Waals surface area contributed by atoms with Crippen molar-refractivity contribution in [2.45, 2.75) is 117 Å². The average Bonchev–Trinajstić information content (AvgIpc) is 2.82. The first-order valence-corrected chi connectivity index (χ1v) is 14.1. The first-order chi connectivity index (χ1) is 18.6. The van der Waals surface area contributed by atoms with Gasteiger partial charge in [0.15, 0.2) is 0 Å². The van der Waals surface area contributed by atoms with Crippen LogP contribution in [-0.4, -0.2) is 55.2 Å². The van der Waals surface area contributed by atoms with E-state index in [0.717, 1.165) is 49.8 Å². The zero-order valence-electron chi connectivity index (χ0n) is 25.7. The van der Waals surface area contributed by atoms with Crippen molar-refractivity contribution in [3.05, 3.63) is 29.8 Å². The molecule has 1 aromatic rings. The molecule has 0 spiro atoms. The van der Waals surface area contributed by atoms with Crippen LogP contribution < -0.4 is 20.7 Å². The van der Waals surface area contributed by atoms with Gasteiger partial charge in [-0.3, -0.25) is 0 Å². The topological polar surface area (TPSA) is 124 Å². The van der Waals surface area contributed by atoms with E-state index in [9.17, 15) is 14.4 Å². The van der Waals surface area contributed by atoms with Crippen molar-refractivity contribution in [1.82, 2.24) is 16.0 Å². The van der Waals surface area contributed by atoms with Gasteiger partial charge in [0.05, 0.1) is 13.7 Å². The lowest BCUT2D eigenvalue weighted by molar-refractivity contribution is 0.0456. The first-order valence-electron chi connectivity index (χ1n) is 14.1. The molecular formula is C30H51N3O7. The molecule has 0 aliphatic carbocycles. The molecule has 0 radical (unpaired) electrons. The number of rotatable bonds is 16. The molecule has 228 valence electrons. The van der Waals surface area contributed by atoms with Crippen molar-refractivity contribution in [1.29, 1.82) is 0 Å². The Kier molecular flexibility index (Phi) is 14.7. The molecule has 0 bridgehead atoms. The second-order valence-corrected chi connectivity index (χ2v) is 12.3. The van der Waals surface area contributed by atoms with Crippen LogP contribution in [0.2, 0.25) is 0 Å². The zero-order valence-corrected chi connectivity index (χ0v) is 25.7. The van der Waals surface area contributed by atoms with Gasteiger partial charge >= 0.3 is 18.3 Å². The van der Waals surface area contributed by atoms with Gasteiger partial charge in [0.1, 0.15) is 18.0 Å². The van der Waals surface area contributed by atoms with Gasteiger partial charge in [-0.2, -0.15) is 0 Å². The highest BCUT2D eigenvalue weighted by Crippen LogP contribution is 2.17. The summed E-state index contributed by atoms with van der Waals surface area (Å²) in [7, 11) is 1.61. The summed E-state index contributed by atoms with van der Waals surface area (Å²) in [6.07, 6.45) is 4.83. The highest BCUT2D eigenvalue weighted by atomic mass is 16.6. The molecule has 0 saturated carbocycles. The van der Waals surface area contributed by atoms with Crippen LogP contribution in [0.5, 0.6) is 5.75 Å². The molecular weight excluding hydrogens is 514 g/mol. The Bertz CT molecular complexity index is 909. The van der Waals surface area contributed by atoms with Gasteiger partial charge in [-0.15, -0.1) is 0 Å². The van der Waals surface area contributed by atoms with E-state index < -0.39 is 29.4 Å². The number of amides is 3. The fourth-order valence-electron chi connectivity index (χ4n) is 3.75. The second kappa shape index (κ2) is 16.8. The maximum atomic E-state index is 12.2. The third-order valence-corrected chi connectivity index (χ3v) is 6.02. The van der Waals surface area contributed by atoms with Crippen LogP contribution in [0.1, 0.15) is 99.0 Å². The fourth-order valence-corrected chi connectivity index (χ4v) is 3.75. The molecule has 1 rings (SSSR count). The van der Waals surface area contributed by atoms with Gasteiger partial charge < -0.3 is 34.9 Å². The van der Waals surface area contributed by atoms with Crippen molar-refractivity contribution in [2.75, 3.05) is 20.3 Å². The van der Waals surface area contributed by atoms with Gasteiger partial charge in [-0.25, -0.2) is 14.4 Å². The summed E-state index contributed by atoms with van der Waals surface area (Å²) in [6.45, 7) is 14.0. The molecule has 0 fully saturated rings. The minimum atomic E-state index is -0.570. The number of nitrogens with one attached hydrogen (secondary N) is 3. The van der Waals surface area contributed by atoms with Gasteiger partial charge in [-0.05, 0) is 79.0 Å². The van der Waals surface area contributed by atoms with Gasteiger partial charge in [0, 0.05) is 24.0 Å². The van der Waals surface area contributed by atoms with Gasteiger partial charge in [0.25, 0.3) is 0 Å². The van der Waals surface area contributed by atoms with E-state index in [-0.39, 0.29) is 18.8 Å². The molecule has 3 amide bonds. The van der Waals surface area contributed by atoms with E-state index in [2.05, 4.69) is 16.0 Å². The molecule has 40 heavy (non-hydrogen) atoms. The number of ether oxygens (including phenoxy) is 4. The number of hydrogen-bond donors (Lipinski definition) is 3. The van der Waals surface area contributed by atoms with Crippen LogP contribution >= 0.6 is 0 Å². The molecule has 0 saturated heterocycles. The Labute approximate surface area is 240 Å². The number of carbonyl (C=O) groups is 3. The Morgan fingerprint density at radius 3 is 1.90 bits per heavy atom. The number of hydrogen-bond acceptors (Lipinski definition) is 7. The lowest BCUT2D eigenvalue weighted by atomic mass is 9.96. The molecule has 10 nitrogen and oxygen atoms in total. The summed E-state index contributed by atoms with van der Waals surface area (Å²) in [6, 6.07) is 7.40. The molecule has 0 aromatic heterocycles. The van der Waals surface area contributed by atoms with E-state index >= 15 is 0 Å². The normalized spacial score (nSPS) is 11.8. The summed E-state index contributed by atoms with van der Waals surface area (Å²) in [5.74, 6) is 0.760. The molecule has 0 unspecified atom stereocenters. The van der Waals surface area contributed by atoms with Crippen LogP contribution in [0.3, 0.4) is 0 Å². The first kappa shape index (κ1) is 34.9. The van der Waals surface area contributed by atoms with Crippen molar-refractivity contribution < 1.29 is 33.3 Å². The maximum absolute atomic E-state index is 12.2. The minimum absolute atomic E-state index is 0.188. The largest absolute Gasteiger partial charge is 0.497 e. The van der Waals surface area contributed by atoms with Crippen LogP contribution in [0.4, 0.5) is 14.4 Å². The summed E-state index contributed by atoms with van der Waals surface area (Å²) >= 11 is 0. The minimum Gasteiger partial charge on any atom is -0.497 e. The van der Waals surface area contributed by atoms with Crippen LogP contribution in [0.15, 0.2) is 24.3 Å². The third-order valence-electron chi connectivity index (χ3n) is 6.02. The summed E-state index contributed by atoms with van der Waals surface area (Å²) in [5.41, 5.74) is -0.601. The third kappa shape index (κ3) is 17.4. The SMILES string of the molecule is COc1ccc(COC(=O)NC(C)(C)CCCCCCCNC(=O)OCCC(C)(C)NC(=O)OC(C)(C)C)cc1. The fraction of sp³-hybridized carbons (Fsp3) is 0.700. The number of carbonyl (C=O) groups excluding carboxylic acids is 3. The Morgan fingerprint density at radius 1 is 0.700 bits per heavy atom. The van der Waals surface area contributed by atoms with Crippen molar-refractivity contribution in [2.24, 2.45) is 0 Å². The highest BCUT2D eigenvalue weighted by molar-refractivity contribution is 5.69. The van der Waals surface area contributed by atoms with E-state index in [4.69, 9.17) is 18.9 Å². The molecule has 0 heterocycles. The van der Waals surface area contributed by atoms with E-state index in [1.165, 1.54) is 0 Å². The number of benzene rings is 1. The van der Waals surface area contributed by atoms with Crippen LogP contribution in [-0.2, 0) is 20.8 Å². The summed E-state index contributed by atoms with van der Waals surface area (Å²) in [5, 5.41) is 8.50.